The van der Waals surface area contributed by atoms with Crippen LogP contribution < -0.4 is 5.32 Å². The third-order valence-corrected chi connectivity index (χ3v) is 4.29. The Hall–Kier alpha value is -0.900. The summed E-state index contributed by atoms with van der Waals surface area (Å²) >= 11 is 0. The van der Waals surface area contributed by atoms with Gasteiger partial charge in [-0.15, -0.1) is 10.2 Å². The SMILES string of the molecule is CC(C)NCCCc1nnc(C2C3CCCC32)o1. The topological polar surface area (TPSA) is 51.0 Å². The average Bonchev–Trinajstić information content (AvgIpc) is 2.75. The quantitative estimate of drug-likeness (QED) is 0.787. The predicted molar refractivity (Wildman–Crippen MR) is 69.3 cm³/mol. The fourth-order valence-corrected chi connectivity index (χ4v) is 3.32. The first-order valence-corrected chi connectivity index (χ1v) is 7.31. The highest BCUT2D eigenvalue weighted by Gasteiger charge is 2.56. The normalized spacial score (nSPS) is 29.8. The standard InChI is InChI=1S/C14H23N3O/c1-9(2)15-8-4-7-12-16-17-14(18-12)13-10-5-3-6-11(10)13/h9-11,13,15H,3-8H2,1-2H3. The average molecular weight is 249 g/mol. The zero-order chi connectivity index (χ0) is 12.5. The summed E-state index contributed by atoms with van der Waals surface area (Å²) < 4.78 is 5.80. The molecular weight excluding hydrogens is 226 g/mol. The van der Waals surface area contributed by atoms with Crippen LogP contribution in [0.15, 0.2) is 4.42 Å². The van der Waals surface area contributed by atoms with E-state index >= 15 is 0 Å². The second kappa shape index (κ2) is 5.00. The third-order valence-electron chi connectivity index (χ3n) is 4.29. The van der Waals surface area contributed by atoms with E-state index in [0.717, 1.165) is 43.0 Å². The minimum atomic E-state index is 0.550. The number of aromatic nitrogens is 2. The molecule has 2 unspecified atom stereocenters. The summed E-state index contributed by atoms with van der Waals surface area (Å²) in [6.07, 6.45) is 6.09. The lowest BCUT2D eigenvalue weighted by molar-refractivity contribution is 0.425. The van der Waals surface area contributed by atoms with E-state index in [0.29, 0.717) is 12.0 Å². The number of aryl methyl sites for hydroxylation is 1. The molecular formula is C14H23N3O. The molecule has 0 bridgehead atoms. The maximum Gasteiger partial charge on any atom is 0.220 e. The lowest BCUT2D eigenvalue weighted by Gasteiger charge is -2.05. The van der Waals surface area contributed by atoms with Crippen molar-refractivity contribution < 1.29 is 4.42 Å². The zero-order valence-electron chi connectivity index (χ0n) is 11.4. The van der Waals surface area contributed by atoms with Crippen molar-refractivity contribution in [3.63, 3.8) is 0 Å². The summed E-state index contributed by atoms with van der Waals surface area (Å²) in [7, 11) is 0. The van der Waals surface area contributed by atoms with E-state index in [1.54, 1.807) is 0 Å². The molecule has 0 aliphatic heterocycles. The van der Waals surface area contributed by atoms with Gasteiger partial charge in [0.2, 0.25) is 11.8 Å². The molecule has 2 aliphatic carbocycles. The lowest BCUT2D eigenvalue weighted by Crippen LogP contribution is -2.23. The molecule has 2 atom stereocenters. The van der Waals surface area contributed by atoms with E-state index in [1.165, 1.54) is 19.3 Å². The van der Waals surface area contributed by atoms with Crippen LogP contribution in [0.4, 0.5) is 0 Å². The summed E-state index contributed by atoms with van der Waals surface area (Å²) in [4.78, 5) is 0. The Bertz CT molecular complexity index is 391. The summed E-state index contributed by atoms with van der Waals surface area (Å²) in [6, 6.07) is 0.550. The first-order chi connectivity index (χ1) is 8.75. The van der Waals surface area contributed by atoms with Crippen LogP contribution in [0.1, 0.15) is 57.2 Å². The smallest absolute Gasteiger partial charge is 0.220 e. The van der Waals surface area contributed by atoms with Gasteiger partial charge < -0.3 is 9.73 Å². The van der Waals surface area contributed by atoms with Gasteiger partial charge in [-0.1, -0.05) is 20.3 Å². The fraction of sp³-hybridized carbons (Fsp3) is 0.857. The first-order valence-electron chi connectivity index (χ1n) is 7.31. The molecule has 1 aromatic heterocycles. The predicted octanol–water partition coefficient (Wildman–Crippen LogP) is 2.51. The molecule has 1 heterocycles. The molecule has 0 radical (unpaired) electrons. The van der Waals surface area contributed by atoms with Gasteiger partial charge in [0.15, 0.2) is 0 Å². The van der Waals surface area contributed by atoms with E-state index in [-0.39, 0.29) is 0 Å². The van der Waals surface area contributed by atoms with Crippen LogP contribution in [0.5, 0.6) is 0 Å². The Morgan fingerprint density at radius 3 is 2.78 bits per heavy atom. The minimum Gasteiger partial charge on any atom is -0.425 e. The van der Waals surface area contributed by atoms with E-state index < -0.39 is 0 Å². The van der Waals surface area contributed by atoms with Crippen LogP contribution in [0.2, 0.25) is 0 Å². The molecule has 2 saturated carbocycles. The molecule has 1 aromatic rings. The Balaban J connectivity index is 1.46. The fourth-order valence-electron chi connectivity index (χ4n) is 3.32. The van der Waals surface area contributed by atoms with Gasteiger partial charge in [-0.05, 0) is 37.6 Å². The molecule has 0 amide bonds. The van der Waals surface area contributed by atoms with Crippen LogP contribution in [0, 0.1) is 11.8 Å². The lowest BCUT2D eigenvalue weighted by atomic mass is 10.1. The molecule has 2 aliphatic rings. The van der Waals surface area contributed by atoms with Gasteiger partial charge in [0.25, 0.3) is 0 Å². The molecule has 1 N–H and O–H groups in total. The first kappa shape index (κ1) is 12.2. The van der Waals surface area contributed by atoms with Gasteiger partial charge in [0, 0.05) is 18.4 Å². The number of nitrogens with zero attached hydrogens (tertiary/aromatic N) is 2. The van der Waals surface area contributed by atoms with Crippen molar-refractivity contribution in [3.8, 4) is 0 Å². The maximum atomic E-state index is 5.80. The van der Waals surface area contributed by atoms with Crippen molar-refractivity contribution in [2.24, 2.45) is 11.8 Å². The monoisotopic (exact) mass is 249 g/mol. The zero-order valence-corrected chi connectivity index (χ0v) is 11.4. The van der Waals surface area contributed by atoms with E-state index in [1.807, 2.05) is 0 Å². The largest absolute Gasteiger partial charge is 0.425 e. The van der Waals surface area contributed by atoms with Crippen molar-refractivity contribution in [1.82, 2.24) is 15.5 Å². The Kier molecular flexibility index (Phi) is 3.37. The van der Waals surface area contributed by atoms with Crippen molar-refractivity contribution in [2.45, 2.75) is 57.9 Å². The van der Waals surface area contributed by atoms with Gasteiger partial charge >= 0.3 is 0 Å². The number of fused-ring (bicyclic) bond motifs is 1. The number of rotatable bonds is 6. The molecule has 4 nitrogen and oxygen atoms in total. The van der Waals surface area contributed by atoms with Gasteiger partial charge in [-0.3, -0.25) is 0 Å². The van der Waals surface area contributed by atoms with Crippen LogP contribution in [-0.4, -0.2) is 22.8 Å². The molecule has 3 rings (SSSR count). The van der Waals surface area contributed by atoms with E-state index in [2.05, 4.69) is 29.4 Å². The Morgan fingerprint density at radius 2 is 2.06 bits per heavy atom. The Morgan fingerprint density at radius 1 is 1.28 bits per heavy atom. The molecule has 2 fully saturated rings. The van der Waals surface area contributed by atoms with Gasteiger partial charge in [0.05, 0.1) is 0 Å². The second-order valence-corrected chi connectivity index (χ2v) is 6.03. The molecule has 0 spiro atoms. The summed E-state index contributed by atoms with van der Waals surface area (Å²) in [5, 5.41) is 11.8. The molecule has 100 valence electrons. The van der Waals surface area contributed by atoms with Gasteiger partial charge in [-0.25, -0.2) is 0 Å². The molecule has 0 saturated heterocycles. The second-order valence-electron chi connectivity index (χ2n) is 6.03. The molecule has 4 heteroatoms. The molecule has 0 aromatic carbocycles. The van der Waals surface area contributed by atoms with Gasteiger partial charge in [-0.2, -0.15) is 0 Å². The van der Waals surface area contributed by atoms with Crippen molar-refractivity contribution in [2.75, 3.05) is 6.54 Å². The Labute approximate surface area is 109 Å². The van der Waals surface area contributed by atoms with E-state index in [9.17, 15) is 0 Å². The van der Waals surface area contributed by atoms with Gasteiger partial charge in [0.1, 0.15) is 0 Å². The third kappa shape index (κ3) is 2.44. The van der Waals surface area contributed by atoms with Crippen LogP contribution in [-0.2, 0) is 6.42 Å². The van der Waals surface area contributed by atoms with Crippen LogP contribution in [0.25, 0.3) is 0 Å². The highest BCUT2D eigenvalue weighted by molar-refractivity contribution is 5.15. The summed E-state index contributed by atoms with van der Waals surface area (Å²) in [5.74, 6) is 4.06. The minimum absolute atomic E-state index is 0.550. The molecule has 18 heavy (non-hydrogen) atoms. The van der Waals surface area contributed by atoms with Crippen molar-refractivity contribution in [1.29, 1.82) is 0 Å². The highest BCUT2D eigenvalue weighted by Crippen LogP contribution is 2.62. The van der Waals surface area contributed by atoms with Crippen molar-refractivity contribution >= 4 is 0 Å². The highest BCUT2D eigenvalue weighted by atomic mass is 16.4. The summed E-state index contributed by atoms with van der Waals surface area (Å²) in [6.45, 7) is 5.34. The summed E-state index contributed by atoms with van der Waals surface area (Å²) in [5.41, 5.74) is 0. The van der Waals surface area contributed by atoms with E-state index in [4.69, 9.17) is 4.42 Å². The number of hydrogen-bond donors (Lipinski definition) is 1. The van der Waals surface area contributed by atoms with Crippen LogP contribution >= 0.6 is 0 Å². The number of hydrogen-bond acceptors (Lipinski definition) is 4. The van der Waals surface area contributed by atoms with Crippen LogP contribution in [0.3, 0.4) is 0 Å². The van der Waals surface area contributed by atoms with Crippen molar-refractivity contribution in [3.05, 3.63) is 11.8 Å². The number of nitrogens with one attached hydrogen (secondary N) is 1. The maximum absolute atomic E-state index is 5.80.